The molecule has 2 saturated heterocycles. The topological polar surface area (TPSA) is 48.5 Å². The van der Waals surface area contributed by atoms with Crippen molar-refractivity contribution in [3.8, 4) is 0 Å². The Morgan fingerprint density at radius 1 is 0.966 bits per heavy atom. The number of hydrogen-bond acceptors (Lipinski definition) is 3. The smallest absolute Gasteiger partial charge is 0.317 e. The lowest BCUT2D eigenvalue weighted by Gasteiger charge is -2.32. The second-order valence-corrected chi connectivity index (χ2v) is 8.35. The molecule has 0 spiro atoms. The highest BCUT2D eigenvalue weighted by Gasteiger charge is 2.23. The number of carbonyl (C=O) groups excluding carboxylic acids is 1. The van der Waals surface area contributed by atoms with Crippen molar-refractivity contribution in [2.24, 2.45) is 5.92 Å². The van der Waals surface area contributed by atoms with Gasteiger partial charge in [0.1, 0.15) is 5.82 Å². The average Bonchev–Trinajstić information content (AvgIpc) is 2.79. The fourth-order valence-electron chi connectivity index (χ4n) is 4.44. The van der Waals surface area contributed by atoms with Gasteiger partial charge >= 0.3 is 6.03 Å². The van der Waals surface area contributed by atoms with Crippen molar-refractivity contribution in [3.63, 3.8) is 0 Å². The Labute approximate surface area is 174 Å². The van der Waals surface area contributed by atoms with Crippen molar-refractivity contribution in [3.05, 3.63) is 59.8 Å². The van der Waals surface area contributed by atoms with E-state index in [-0.39, 0.29) is 6.03 Å². The molecular formula is C24H32N4O. The van der Waals surface area contributed by atoms with E-state index in [0.717, 1.165) is 56.8 Å². The molecule has 2 aliphatic heterocycles. The molecule has 0 saturated carbocycles. The van der Waals surface area contributed by atoms with Gasteiger partial charge in [-0.15, -0.1) is 0 Å². The van der Waals surface area contributed by atoms with Crippen LogP contribution in [0.15, 0.2) is 48.7 Å². The average molecular weight is 393 g/mol. The summed E-state index contributed by atoms with van der Waals surface area (Å²) in [6.07, 6.45) is 8.93. The minimum absolute atomic E-state index is 0.0551. The van der Waals surface area contributed by atoms with Gasteiger partial charge in [0.2, 0.25) is 0 Å². The minimum Gasteiger partial charge on any atom is -0.357 e. The third kappa shape index (κ3) is 5.49. The normalized spacial score (nSPS) is 17.9. The quantitative estimate of drug-likeness (QED) is 0.828. The maximum absolute atomic E-state index is 12.6. The Balaban J connectivity index is 1.23. The Kier molecular flexibility index (Phi) is 6.65. The first-order chi connectivity index (χ1) is 14.3. The maximum Gasteiger partial charge on any atom is 0.317 e. The lowest BCUT2D eigenvalue weighted by atomic mass is 9.90. The Morgan fingerprint density at radius 2 is 1.72 bits per heavy atom. The first kappa shape index (κ1) is 19.7. The molecule has 0 atom stereocenters. The van der Waals surface area contributed by atoms with E-state index >= 15 is 0 Å². The van der Waals surface area contributed by atoms with Crippen LogP contribution in [-0.2, 0) is 13.0 Å². The van der Waals surface area contributed by atoms with Gasteiger partial charge in [-0.1, -0.05) is 30.3 Å². The summed E-state index contributed by atoms with van der Waals surface area (Å²) in [7, 11) is 0. The predicted molar refractivity (Wildman–Crippen MR) is 117 cm³/mol. The van der Waals surface area contributed by atoms with Crippen LogP contribution in [0.3, 0.4) is 0 Å². The molecule has 2 aromatic rings. The lowest BCUT2D eigenvalue weighted by Crippen LogP contribution is -2.44. The number of rotatable bonds is 5. The number of pyridine rings is 1. The Bertz CT molecular complexity index is 780. The fourth-order valence-corrected chi connectivity index (χ4v) is 4.44. The van der Waals surface area contributed by atoms with E-state index in [1.165, 1.54) is 24.8 Å². The fraction of sp³-hybridized carbons (Fsp3) is 0.500. The molecule has 5 heteroatoms. The molecule has 1 aromatic heterocycles. The summed E-state index contributed by atoms with van der Waals surface area (Å²) in [5, 5.41) is 3.10. The van der Waals surface area contributed by atoms with Crippen LogP contribution < -0.4 is 10.2 Å². The number of piperidine rings is 2. The van der Waals surface area contributed by atoms with E-state index in [9.17, 15) is 4.79 Å². The number of nitrogens with zero attached hydrogens (tertiary/aromatic N) is 3. The SMILES string of the molecule is O=C(NCc1ccnc(N2CCCCC2)c1)N1CCC(Cc2ccccc2)CC1. The predicted octanol–water partition coefficient (Wildman–Crippen LogP) is 4.24. The highest BCUT2D eigenvalue weighted by molar-refractivity contribution is 5.74. The first-order valence-electron chi connectivity index (χ1n) is 11.0. The van der Waals surface area contributed by atoms with Gasteiger partial charge in [0, 0.05) is 38.9 Å². The molecule has 5 nitrogen and oxygen atoms in total. The number of nitrogens with one attached hydrogen (secondary N) is 1. The zero-order chi connectivity index (χ0) is 19.9. The van der Waals surface area contributed by atoms with Crippen LogP contribution in [0.5, 0.6) is 0 Å². The standard InChI is InChI=1S/C24H32N4O/c29-24(28-15-10-21(11-16-28)17-20-7-3-1-4-8-20)26-19-22-9-12-25-23(18-22)27-13-5-2-6-14-27/h1,3-4,7-9,12,18,21H,2,5-6,10-11,13-17,19H2,(H,26,29). The molecule has 29 heavy (non-hydrogen) atoms. The molecule has 2 aliphatic rings. The van der Waals surface area contributed by atoms with Gasteiger partial charge in [-0.3, -0.25) is 0 Å². The largest absolute Gasteiger partial charge is 0.357 e. The minimum atomic E-state index is 0.0551. The van der Waals surface area contributed by atoms with Crippen molar-refractivity contribution in [1.82, 2.24) is 15.2 Å². The monoisotopic (exact) mass is 392 g/mol. The molecule has 0 bridgehead atoms. The second kappa shape index (κ2) is 9.77. The van der Waals surface area contributed by atoms with Gasteiger partial charge in [-0.2, -0.15) is 0 Å². The molecule has 3 heterocycles. The number of carbonyl (C=O) groups is 1. The van der Waals surface area contributed by atoms with E-state index in [2.05, 4.69) is 51.6 Å². The summed E-state index contributed by atoms with van der Waals surface area (Å²) in [6.45, 7) is 4.42. The van der Waals surface area contributed by atoms with Crippen molar-refractivity contribution < 1.29 is 4.79 Å². The van der Waals surface area contributed by atoms with Crippen molar-refractivity contribution in [2.45, 2.75) is 45.1 Å². The summed E-state index contributed by atoms with van der Waals surface area (Å²) >= 11 is 0. The van der Waals surface area contributed by atoms with E-state index < -0.39 is 0 Å². The van der Waals surface area contributed by atoms with Gasteiger partial charge in [0.25, 0.3) is 0 Å². The second-order valence-electron chi connectivity index (χ2n) is 8.35. The lowest BCUT2D eigenvalue weighted by molar-refractivity contribution is 0.170. The summed E-state index contributed by atoms with van der Waals surface area (Å²) in [5.41, 5.74) is 2.52. The summed E-state index contributed by atoms with van der Waals surface area (Å²) < 4.78 is 0. The number of aromatic nitrogens is 1. The number of likely N-dealkylation sites (tertiary alicyclic amines) is 1. The van der Waals surface area contributed by atoms with Crippen molar-refractivity contribution >= 4 is 11.8 Å². The number of benzene rings is 1. The zero-order valence-corrected chi connectivity index (χ0v) is 17.2. The maximum atomic E-state index is 12.6. The van der Waals surface area contributed by atoms with Gasteiger partial charge in [0.15, 0.2) is 0 Å². The molecule has 1 N–H and O–H groups in total. The molecule has 2 amide bonds. The summed E-state index contributed by atoms with van der Waals surface area (Å²) in [6, 6.07) is 14.9. The molecule has 154 valence electrons. The molecule has 0 unspecified atom stereocenters. The Morgan fingerprint density at radius 3 is 2.48 bits per heavy atom. The third-order valence-corrected chi connectivity index (χ3v) is 6.20. The Hall–Kier alpha value is -2.56. The molecule has 4 rings (SSSR count). The molecule has 2 fully saturated rings. The van der Waals surface area contributed by atoms with Gasteiger partial charge < -0.3 is 15.1 Å². The molecule has 0 aliphatic carbocycles. The number of urea groups is 1. The van der Waals surface area contributed by atoms with Crippen LogP contribution in [-0.4, -0.2) is 42.1 Å². The number of anilines is 1. The van der Waals surface area contributed by atoms with E-state index in [0.29, 0.717) is 12.5 Å². The van der Waals surface area contributed by atoms with Crippen LogP contribution in [0.2, 0.25) is 0 Å². The van der Waals surface area contributed by atoms with Crippen LogP contribution in [0.1, 0.15) is 43.2 Å². The zero-order valence-electron chi connectivity index (χ0n) is 17.2. The van der Waals surface area contributed by atoms with Gasteiger partial charge in [-0.05, 0) is 67.7 Å². The highest BCUT2D eigenvalue weighted by Crippen LogP contribution is 2.22. The van der Waals surface area contributed by atoms with Crippen LogP contribution in [0.4, 0.5) is 10.6 Å². The summed E-state index contributed by atoms with van der Waals surface area (Å²) in [4.78, 5) is 21.5. The first-order valence-corrected chi connectivity index (χ1v) is 11.0. The van der Waals surface area contributed by atoms with E-state index in [4.69, 9.17) is 0 Å². The van der Waals surface area contributed by atoms with E-state index in [1.807, 2.05) is 17.2 Å². The molecular weight excluding hydrogens is 360 g/mol. The van der Waals surface area contributed by atoms with Gasteiger partial charge in [-0.25, -0.2) is 9.78 Å². The van der Waals surface area contributed by atoms with Crippen molar-refractivity contribution in [1.29, 1.82) is 0 Å². The summed E-state index contributed by atoms with van der Waals surface area (Å²) in [5.74, 6) is 1.71. The third-order valence-electron chi connectivity index (χ3n) is 6.20. The number of hydrogen-bond donors (Lipinski definition) is 1. The van der Waals surface area contributed by atoms with Crippen LogP contribution >= 0.6 is 0 Å². The van der Waals surface area contributed by atoms with Crippen LogP contribution in [0.25, 0.3) is 0 Å². The molecule has 0 radical (unpaired) electrons. The van der Waals surface area contributed by atoms with Gasteiger partial charge in [0.05, 0.1) is 0 Å². The van der Waals surface area contributed by atoms with E-state index in [1.54, 1.807) is 0 Å². The molecule has 1 aromatic carbocycles. The van der Waals surface area contributed by atoms with Crippen LogP contribution in [0, 0.1) is 5.92 Å². The van der Waals surface area contributed by atoms with Crippen molar-refractivity contribution in [2.75, 3.05) is 31.1 Å². The highest BCUT2D eigenvalue weighted by atomic mass is 16.2. The number of amides is 2.